The zero-order valence-electron chi connectivity index (χ0n) is 12.0. The molecule has 1 N–H and O–H groups in total. The summed E-state index contributed by atoms with van der Waals surface area (Å²) in [6.07, 6.45) is 0. The third-order valence-electron chi connectivity index (χ3n) is 3.06. The van der Waals surface area contributed by atoms with Gasteiger partial charge in [-0.15, -0.1) is 0 Å². The van der Waals surface area contributed by atoms with Gasteiger partial charge in [0.05, 0.1) is 17.1 Å². The van der Waals surface area contributed by atoms with Crippen LogP contribution in [0.3, 0.4) is 0 Å². The van der Waals surface area contributed by atoms with Crippen LogP contribution >= 0.6 is 0 Å². The molecule has 0 aliphatic carbocycles. The molecule has 1 aromatic carbocycles. The summed E-state index contributed by atoms with van der Waals surface area (Å²) in [5.74, 6) is 1.07. The fourth-order valence-electron chi connectivity index (χ4n) is 1.97. The van der Waals surface area contributed by atoms with Crippen LogP contribution in [0.5, 0.6) is 0 Å². The van der Waals surface area contributed by atoms with Crippen molar-refractivity contribution >= 4 is 10.0 Å². The van der Waals surface area contributed by atoms with Crippen molar-refractivity contribution in [1.29, 1.82) is 0 Å². The smallest absolute Gasteiger partial charge is 0.241 e. The Labute approximate surface area is 119 Å². The fourth-order valence-corrected chi connectivity index (χ4v) is 3.28. The molecular formula is C14H18N2O3S. The Hall–Kier alpha value is -1.66. The minimum atomic E-state index is -3.56. The maximum atomic E-state index is 12.3. The second-order valence-electron chi connectivity index (χ2n) is 4.83. The van der Waals surface area contributed by atoms with Gasteiger partial charge in [-0.1, -0.05) is 12.1 Å². The van der Waals surface area contributed by atoms with E-state index in [9.17, 15) is 8.42 Å². The Balaban J connectivity index is 2.23. The summed E-state index contributed by atoms with van der Waals surface area (Å²) >= 11 is 0. The van der Waals surface area contributed by atoms with Gasteiger partial charge in [0.2, 0.25) is 10.0 Å². The number of benzene rings is 1. The van der Waals surface area contributed by atoms with E-state index in [0.29, 0.717) is 27.8 Å². The van der Waals surface area contributed by atoms with Crippen LogP contribution in [0.25, 0.3) is 0 Å². The molecule has 0 aliphatic heterocycles. The first kappa shape index (κ1) is 14.7. The van der Waals surface area contributed by atoms with Crippen molar-refractivity contribution in [2.45, 2.75) is 39.1 Å². The summed E-state index contributed by atoms with van der Waals surface area (Å²) in [5, 5.41) is 0. The molecule has 5 nitrogen and oxygen atoms in total. The Kier molecular flexibility index (Phi) is 3.96. The van der Waals surface area contributed by atoms with Gasteiger partial charge in [0.1, 0.15) is 5.76 Å². The van der Waals surface area contributed by atoms with E-state index in [1.165, 1.54) is 0 Å². The largest absolute Gasteiger partial charge is 0.444 e. The molecule has 6 heteroatoms. The normalized spacial score (nSPS) is 11.8. The molecule has 108 valence electrons. The third-order valence-corrected chi connectivity index (χ3v) is 4.60. The molecule has 20 heavy (non-hydrogen) atoms. The van der Waals surface area contributed by atoms with Gasteiger partial charge < -0.3 is 4.42 Å². The Bertz CT molecular complexity index is 733. The highest BCUT2D eigenvalue weighted by Gasteiger charge is 2.18. The summed E-state index contributed by atoms with van der Waals surface area (Å²) in [6.45, 7) is 7.26. The van der Waals surface area contributed by atoms with Gasteiger partial charge in [0.25, 0.3) is 0 Å². The van der Waals surface area contributed by atoms with Gasteiger partial charge in [0, 0.05) is 6.92 Å². The first-order chi connectivity index (χ1) is 9.29. The van der Waals surface area contributed by atoms with Gasteiger partial charge in [0.15, 0.2) is 5.89 Å². The second-order valence-corrected chi connectivity index (χ2v) is 6.57. The van der Waals surface area contributed by atoms with E-state index in [4.69, 9.17) is 4.42 Å². The number of nitrogens with one attached hydrogen (secondary N) is 1. The van der Waals surface area contributed by atoms with Gasteiger partial charge in [-0.2, -0.15) is 0 Å². The number of hydrogen-bond acceptors (Lipinski definition) is 4. The summed E-state index contributed by atoms with van der Waals surface area (Å²) < 4.78 is 32.6. The average molecular weight is 294 g/mol. The van der Waals surface area contributed by atoms with Crippen molar-refractivity contribution in [3.8, 4) is 0 Å². The number of aromatic nitrogens is 1. The topological polar surface area (TPSA) is 72.2 Å². The first-order valence-corrected chi connectivity index (χ1v) is 7.78. The quantitative estimate of drug-likeness (QED) is 0.939. The highest BCUT2D eigenvalue weighted by Crippen LogP contribution is 2.17. The molecule has 0 aliphatic rings. The van der Waals surface area contributed by atoms with Crippen LogP contribution in [0.15, 0.2) is 27.5 Å². The van der Waals surface area contributed by atoms with Crippen LogP contribution < -0.4 is 4.72 Å². The standard InChI is InChI=1S/C14H18N2O3S/c1-9-5-6-10(2)14(7-9)20(17,18)15-8-13-11(3)16-12(4)19-13/h5-7,15H,8H2,1-4H3. The lowest BCUT2D eigenvalue weighted by atomic mass is 10.2. The van der Waals surface area contributed by atoms with E-state index in [2.05, 4.69) is 9.71 Å². The predicted molar refractivity (Wildman–Crippen MR) is 75.9 cm³/mol. The number of sulfonamides is 1. The van der Waals surface area contributed by atoms with Gasteiger partial charge in [-0.3, -0.25) is 0 Å². The predicted octanol–water partition coefficient (Wildman–Crippen LogP) is 2.39. The highest BCUT2D eigenvalue weighted by molar-refractivity contribution is 7.89. The van der Waals surface area contributed by atoms with Crippen LogP contribution in [-0.2, 0) is 16.6 Å². The lowest BCUT2D eigenvalue weighted by Gasteiger charge is -2.09. The van der Waals surface area contributed by atoms with Crippen molar-refractivity contribution in [1.82, 2.24) is 9.71 Å². The van der Waals surface area contributed by atoms with Crippen LogP contribution in [0.1, 0.15) is 28.5 Å². The number of aryl methyl sites for hydroxylation is 4. The first-order valence-electron chi connectivity index (χ1n) is 6.29. The number of nitrogens with zero attached hydrogens (tertiary/aromatic N) is 1. The minimum absolute atomic E-state index is 0.0996. The molecule has 0 saturated carbocycles. The van der Waals surface area contributed by atoms with E-state index >= 15 is 0 Å². The summed E-state index contributed by atoms with van der Waals surface area (Å²) in [7, 11) is -3.56. The van der Waals surface area contributed by atoms with Crippen molar-refractivity contribution in [2.24, 2.45) is 0 Å². The summed E-state index contributed by atoms with van der Waals surface area (Å²) in [4.78, 5) is 4.41. The molecule has 0 fully saturated rings. The van der Waals surface area contributed by atoms with E-state index in [1.807, 2.05) is 13.0 Å². The summed E-state index contributed by atoms with van der Waals surface area (Å²) in [5.41, 5.74) is 2.32. The second kappa shape index (κ2) is 5.38. The SMILES string of the molecule is Cc1ccc(C)c(S(=O)(=O)NCc2oc(C)nc2C)c1. The molecule has 0 unspecified atom stereocenters. The Morgan fingerprint density at radius 3 is 2.50 bits per heavy atom. The maximum Gasteiger partial charge on any atom is 0.241 e. The maximum absolute atomic E-state index is 12.3. The monoisotopic (exact) mass is 294 g/mol. The van der Waals surface area contributed by atoms with Crippen LogP contribution in [0, 0.1) is 27.7 Å². The molecule has 0 saturated heterocycles. The molecule has 2 rings (SSSR count). The van der Waals surface area contributed by atoms with Crippen molar-refractivity contribution in [3.05, 3.63) is 46.7 Å². The third kappa shape index (κ3) is 3.08. The van der Waals surface area contributed by atoms with E-state index in [1.54, 1.807) is 32.9 Å². The van der Waals surface area contributed by atoms with Crippen LogP contribution in [0.2, 0.25) is 0 Å². The molecular weight excluding hydrogens is 276 g/mol. The lowest BCUT2D eigenvalue weighted by Crippen LogP contribution is -2.24. The van der Waals surface area contributed by atoms with E-state index in [0.717, 1.165) is 5.56 Å². The fraction of sp³-hybridized carbons (Fsp3) is 0.357. The van der Waals surface area contributed by atoms with E-state index in [-0.39, 0.29) is 6.54 Å². The van der Waals surface area contributed by atoms with Gasteiger partial charge in [-0.25, -0.2) is 18.1 Å². The van der Waals surface area contributed by atoms with Crippen LogP contribution in [-0.4, -0.2) is 13.4 Å². The average Bonchev–Trinajstić information content (AvgIpc) is 2.68. The van der Waals surface area contributed by atoms with Crippen molar-refractivity contribution < 1.29 is 12.8 Å². The zero-order chi connectivity index (χ0) is 14.9. The highest BCUT2D eigenvalue weighted by atomic mass is 32.2. The van der Waals surface area contributed by atoms with Gasteiger partial charge in [-0.05, 0) is 38.0 Å². The molecule has 1 aromatic heterocycles. The molecule has 0 spiro atoms. The molecule has 0 radical (unpaired) electrons. The lowest BCUT2D eigenvalue weighted by molar-refractivity contribution is 0.466. The molecule has 0 atom stereocenters. The Morgan fingerprint density at radius 1 is 1.20 bits per heavy atom. The van der Waals surface area contributed by atoms with E-state index < -0.39 is 10.0 Å². The van der Waals surface area contributed by atoms with Gasteiger partial charge >= 0.3 is 0 Å². The summed E-state index contributed by atoms with van der Waals surface area (Å²) in [6, 6.07) is 5.35. The number of oxazole rings is 1. The number of hydrogen-bond donors (Lipinski definition) is 1. The Morgan fingerprint density at radius 2 is 1.90 bits per heavy atom. The molecule has 0 bridgehead atoms. The van der Waals surface area contributed by atoms with Crippen LogP contribution in [0.4, 0.5) is 0 Å². The molecule has 2 aromatic rings. The number of rotatable bonds is 4. The molecule has 1 heterocycles. The van der Waals surface area contributed by atoms with Crippen molar-refractivity contribution in [3.63, 3.8) is 0 Å². The molecule has 0 amide bonds. The zero-order valence-corrected chi connectivity index (χ0v) is 12.8. The minimum Gasteiger partial charge on any atom is -0.444 e. The van der Waals surface area contributed by atoms with Crippen molar-refractivity contribution in [2.75, 3.05) is 0 Å².